The summed E-state index contributed by atoms with van der Waals surface area (Å²) in [5, 5.41) is 11.2. The number of anilines is 1. The minimum Gasteiger partial charge on any atom is -0.455 e. The van der Waals surface area contributed by atoms with Crippen LogP contribution in [0.3, 0.4) is 0 Å². The number of carbonyl (C=O) groups excluding carboxylic acids is 1. The number of aromatic nitrogens is 4. The lowest BCUT2D eigenvalue weighted by Gasteiger charge is -2.21. The molecule has 35 heavy (non-hydrogen) atoms. The molecule has 186 valence electrons. The Balaban J connectivity index is 1.60. The van der Waals surface area contributed by atoms with Gasteiger partial charge in [0.05, 0.1) is 11.8 Å². The van der Waals surface area contributed by atoms with Crippen molar-refractivity contribution in [2.24, 2.45) is 13.0 Å². The van der Waals surface area contributed by atoms with Gasteiger partial charge in [0.2, 0.25) is 0 Å². The highest BCUT2D eigenvalue weighted by molar-refractivity contribution is 6.29. The number of carbonyl (C=O) groups is 1. The summed E-state index contributed by atoms with van der Waals surface area (Å²) in [5.41, 5.74) is -1.65. The maximum atomic E-state index is 13.3. The predicted molar refractivity (Wildman–Crippen MR) is 122 cm³/mol. The van der Waals surface area contributed by atoms with Crippen LogP contribution in [-0.4, -0.2) is 25.5 Å². The molecule has 1 aromatic carbocycles. The van der Waals surface area contributed by atoms with Gasteiger partial charge in [0.1, 0.15) is 16.9 Å². The zero-order valence-corrected chi connectivity index (χ0v) is 19.5. The Bertz CT molecular complexity index is 1250. The average molecular weight is 510 g/mol. The van der Waals surface area contributed by atoms with Crippen LogP contribution in [0.25, 0.3) is 0 Å². The Labute approximate surface area is 203 Å². The van der Waals surface area contributed by atoms with E-state index >= 15 is 0 Å². The summed E-state index contributed by atoms with van der Waals surface area (Å²) in [6.45, 7) is 0. The van der Waals surface area contributed by atoms with Crippen LogP contribution in [0.2, 0.25) is 5.15 Å². The molecule has 0 aliphatic heterocycles. The maximum absolute atomic E-state index is 13.3. The van der Waals surface area contributed by atoms with Crippen LogP contribution in [0.15, 0.2) is 47.4 Å². The van der Waals surface area contributed by atoms with Crippen molar-refractivity contribution in [1.82, 2.24) is 19.6 Å². The minimum atomic E-state index is -4.63. The highest BCUT2D eigenvalue weighted by Gasteiger charge is 2.34. The van der Waals surface area contributed by atoms with Gasteiger partial charge < -0.3 is 10.1 Å². The van der Waals surface area contributed by atoms with Crippen LogP contribution in [0.1, 0.15) is 43.7 Å². The van der Waals surface area contributed by atoms with Gasteiger partial charge in [-0.05, 0) is 24.5 Å². The molecule has 8 nitrogen and oxygen atoms in total. The van der Waals surface area contributed by atoms with Gasteiger partial charge in [0.25, 0.3) is 11.5 Å². The number of rotatable bonds is 7. The first-order chi connectivity index (χ1) is 16.6. The summed E-state index contributed by atoms with van der Waals surface area (Å²) in [6.07, 6.45) is 0.841. The molecular formula is C23H23ClF3N5O3. The Morgan fingerprint density at radius 1 is 1.26 bits per heavy atom. The average Bonchev–Trinajstić information content (AvgIpc) is 3.41. The number of benzene rings is 1. The maximum Gasteiger partial charge on any atom is 0.419 e. The Morgan fingerprint density at radius 3 is 2.60 bits per heavy atom. The third kappa shape index (κ3) is 5.84. The van der Waals surface area contributed by atoms with Crippen molar-refractivity contribution in [2.75, 3.05) is 5.32 Å². The van der Waals surface area contributed by atoms with Crippen molar-refractivity contribution in [1.29, 1.82) is 0 Å². The van der Waals surface area contributed by atoms with Gasteiger partial charge in [-0.1, -0.05) is 49.4 Å². The van der Waals surface area contributed by atoms with Crippen molar-refractivity contribution < 1.29 is 22.7 Å². The van der Waals surface area contributed by atoms with Gasteiger partial charge in [-0.15, -0.1) is 0 Å². The molecule has 1 fully saturated rings. The van der Waals surface area contributed by atoms with Gasteiger partial charge in [-0.2, -0.15) is 23.4 Å². The molecule has 1 saturated carbocycles. The Kier molecular flexibility index (Phi) is 7.15. The first-order valence-electron chi connectivity index (χ1n) is 11.0. The fourth-order valence-corrected chi connectivity index (χ4v) is 4.34. The Hall–Kier alpha value is -3.34. The van der Waals surface area contributed by atoms with Crippen LogP contribution in [-0.2, 0) is 18.0 Å². The SMILES string of the molecule is Cn1nc(NC(=O)C(CC2CCCC2)n2ncc(Oc3ccccc3C(F)(F)F)cc2=O)cc1Cl. The lowest BCUT2D eigenvalue weighted by Crippen LogP contribution is -2.36. The summed E-state index contributed by atoms with van der Waals surface area (Å²) < 4.78 is 47.6. The van der Waals surface area contributed by atoms with E-state index in [1.165, 1.54) is 22.9 Å². The number of nitrogens with one attached hydrogen (secondary N) is 1. The van der Waals surface area contributed by atoms with Crippen LogP contribution in [0, 0.1) is 5.92 Å². The first-order valence-corrected chi connectivity index (χ1v) is 11.4. The molecule has 1 aliphatic carbocycles. The second kappa shape index (κ2) is 10.1. The van der Waals surface area contributed by atoms with Crippen LogP contribution in [0.5, 0.6) is 11.5 Å². The summed E-state index contributed by atoms with van der Waals surface area (Å²) in [5.74, 6) is -0.639. The van der Waals surface area contributed by atoms with Crippen molar-refractivity contribution in [3.8, 4) is 11.5 Å². The lowest BCUT2D eigenvalue weighted by atomic mass is 9.98. The molecule has 3 aromatic rings. The molecule has 0 saturated heterocycles. The standard InChI is InChI=1S/C23H23ClF3N5O3/c1-31-19(24)12-20(30-31)29-22(34)17(10-14-6-2-3-7-14)32-21(33)11-15(13-28-32)35-18-9-5-4-8-16(18)23(25,26)27/h4-5,8-9,11-14,17H,2-3,6-7,10H2,1H3,(H,29,30,34). The highest BCUT2D eigenvalue weighted by atomic mass is 35.5. The van der Waals surface area contributed by atoms with Crippen LogP contribution in [0.4, 0.5) is 19.0 Å². The normalized spacial score (nSPS) is 15.2. The third-order valence-electron chi connectivity index (χ3n) is 5.92. The molecular weight excluding hydrogens is 487 g/mol. The second-order valence-corrected chi connectivity index (χ2v) is 8.82. The molecule has 0 radical (unpaired) electrons. The Morgan fingerprint density at radius 2 is 1.97 bits per heavy atom. The zero-order chi connectivity index (χ0) is 25.2. The zero-order valence-electron chi connectivity index (χ0n) is 18.8. The number of ether oxygens (including phenoxy) is 1. The van der Waals surface area contributed by atoms with Crippen molar-refractivity contribution in [3.05, 3.63) is 63.7 Å². The van der Waals surface area contributed by atoms with E-state index in [4.69, 9.17) is 16.3 Å². The van der Waals surface area contributed by atoms with Crippen molar-refractivity contribution >= 4 is 23.3 Å². The molecule has 0 bridgehead atoms. The fourth-order valence-electron chi connectivity index (χ4n) is 4.20. The number of hydrogen-bond donors (Lipinski definition) is 1. The summed E-state index contributed by atoms with van der Waals surface area (Å²) >= 11 is 5.99. The van der Waals surface area contributed by atoms with E-state index in [0.29, 0.717) is 11.6 Å². The smallest absolute Gasteiger partial charge is 0.419 e. The molecule has 12 heteroatoms. The van der Waals surface area contributed by atoms with E-state index < -0.39 is 35.0 Å². The predicted octanol–water partition coefficient (Wildman–Crippen LogP) is 5.20. The minimum absolute atomic E-state index is 0.167. The number of aryl methyl sites for hydroxylation is 1. The van der Waals surface area contributed by atoms with Crippen LogP contribution >= 0.6 is 11.6 Å². The molecule has 1 aliphatic rings. The monoisotopic (exact) mass is 509 g/mol. The molecule has 1 amide bonds. The van der Waals surface area contributed by atoms with Gasteiger partial charge >= 0.3 is 6.18 Å². The van der Waals surface area contributed by atoms with E-state index in [2.05, 4.69) is 15.5 Å². The van der Waals surface area contributed by atoms with E-state index in [1.807, 2.05) is 0 Å². The van der Waals surface area contributed by atoms with E-state index in [9.17, 15) is 22.8 Å². The lowest BCUT2D eigenvalue weighted by molar-refractivity contribution is -0.138. The van der Waals surface area contributed by atoms with Crippen LogP contribution < -0.4 is 15.6 Å². The topological polar surface area (TPSA) is 91.0 Å². The number of nitrogens with zero attached hydrogens (tertiary/aromatic N) is 4. The van der Waals surface area contributed by atoms with Gasteiger partial charge in [-0.3, -0.25) is 14.3 Å². The first kappa shape index (κ1) is 24.8. The summed E-state index contributed by atoms with van der Waals surface area (Å²) in [4.78, 5) is 26.1. The summed E-state index contributed by atoms with van der Waals surface area (Å²) in [6, 6.07) is 6.24. The van der Waals surface area contributed by atoms with Crippen molar-refractivity contribution in [3.63, 3.8) is 0 Å². The molecule has 1 atom stereocenters. The number of alkyl halides is 3. The number of amides is 1. The van der Waals surface area contributed by atoms with Gasteiger partial charge in [-0.25, -0.2) is 4.68 Å². The van der Waals surface area contributed by atoms with Crippen molar-refractivity contribution in [2.45, 2.75) is 44.3 Å². The van der Waals surface area contributed by atoms with E-state index in [0.717, 1.165) is 54.8 Å². The van der Waals surface area contributed by atoms with Gasteiger partial charge in [0.15, 0.2) is 11.6 Å². The number of para-hydroxylation sites is 1. The third-order valence-corrected chi connectivity index (χ3v) is 6.28. The fraction of sp³-hybridized carbons (Fsp3) is 0.391. The molecule has 4 rings (SSSR count). The highest BCUT2D eigenvalue weighted by Crippen LogP contribution is 2.37. The largest absolute Gasteiger partial charge is 0.455 e. The molecule has 1 N–H and O–H groups in total. The number of halogens is 4. The molecule has 1 unspecified atom stereocenters. The number of hydrogen-bond acceptors (Lipinski definition) is 5. The van der Waals surface area contributed by atoms with E-state index in [1.54, 1.807) is 7.05 Å². The molecule has 0 spiro atoms. The summed E-state index contributed by atoms with van der Waals surface area (Å²) in [7, 11) is 1.62. The quantitative estimate of drug-likeness (QED) is 0.472. The molecule has 2 heterocycles. The van der Waals surface area contributed by atoms with Gasteiger partial charge in [0, 0.05) is 19.2 Å². The molecule has 2 aromatic heterocycles. The van der Waals surface area contributed by atoms with E-state index in [-0.39, 0.29) is 17.5 Å². The second-order valence-electron chi connectivity index (χ2n) is 8.44.